The smallest absolute Gasteiger partial charge is 0.130 e. The third-order valence-electron chi connectivity index (χ3n) is 2.36. The van der Waals surface area contributed by atoms with Crippen LogP contribution in [0.3, 0.4) is 0 Å². The predicted octanol–water partition coefficient (Wildman–Crippen LogP) is 3.96. The van der Waals surface area contributed by atoms with E-state index in [1.54, 1.807) is 6.20 Å². The predicted molar refractivity (Wildman–Crippen MR) is 79.8 cm³/mol. The second kappa shape index (κ2) is 6.64. The highest BCUT2D eigenvalue weighted by Crippen LogP contribution is 2.20. The van der Waals surface area contributed by atoms with E-state index in [1.165, 1.54) is 0 Å². The number of anilines is 2. The molecule has 0 unspecified atom stereocenters. The molecule has 0 spiro atoms. The molecule has 0 fully saturated rings. The summed E-state index contributed by atoms with van der Waals surface area (Å²) in [5.74, 6) is 1.60. The van der Waals surface area contributed by atoms with Crippen molar-refractivity contribution in [3.63, 3.8) is 0 Å². The molecule has 0 saturated carbocycles. The fourth-order valence-corrected chi connectivity index (χ4v) is 1.63. The summed E-state index contributed by atoms with van der Waals surface area (Å²) in [7, 11) is 0. The van der Waals surface area contributed by atoms with Gasteiger partial charge in [0, 0.05) is 5.69 Å². The second-order valence-corrected chi connectivity index (χ2v) is 3.87. The molecule has 0 aliphatic rings. The highest BCUT2D eigenvalue weighted by Gasteiger charge is 1.97. The summed E-state index contributed by atoms with van der Waals surface area (Å²) in [6.45, 7) is 2.62. The third-order valence-corrected chi connectivity index (χ3v) is 2.45. The van der Waals surface area contributed by atoms with Crippen molar-refractivity contribution in [3.8, 4) is 5.75 Å². The number of benzene rings is 1. The molecule has 1 heterocycles. The lowest BCUT2D eigenvalue weighted by atomic mass is 10.3. The lowest BCUT2D eigenvalue weighted by Gasteiger charge is -2.07. The molecule has 96 valence electrons. The molecular weight excluding hydrogens is 258 g/mol. The number of ether oxygens (including phenoxy) is 1. The van der Waals surface area contributed by atoms with Crippen molar-refractivity contribution in [1.82, 2.24) is 4.98 Å². The highest BCUT2D eigenvalue weighted by molar-refractivity contribution is 7.78. The molecule has 1 aromatic carbocycles. The van der Waals surface area contributed by atoms with E-state index in [4.69, 9.17) is 4.74 Å². The molecule has 0 radical (unpaired) electrons. The Labute approximate surface area is 117 Å². The van der Waals surface area contributed by atoms with E-state index in [0.717, 1.165) is 17.3 Å². The molecule has 0 bridgehead atoms. The van der Waals surface area contributed by atoms with E-state index in [9.17, 15) is 0 Å². The van der Waals surface area contributed by atoms with Gasteiger partial charge >= 0.3 is 0 Å². The number of isothiocyanates is 1. The normalized spacial score (nSPS) is 9.53. The lowest BCUT2D eigenvalue weighted by molar-refractivity contribution is 0.340. The first-order chi connectivity index (χ1) is 9.31. The molecule has 1 N–H and O–H groups in total. The zero-order valence-electron chi connectivity index (χ0n) is 10.5. The number of hydrogen-bond acceptors (Lipinski definition) is 5. The van der Waals surface area contributed by atoms with E-state index in [1.807, 2.05) is 43.3 Å². The number of hydrogen-bond donors (Lipinski definition) is 1. The number of rotatable bonds is 5. The van der Waals surface area contributed by atoms with Crippen molar-refractivity contribution in [2.24, 2.45) is 4.99 Å². The first-order valence-corrected chi connectivity index (χ1v) is 6.26. The van der Waals surface area contributed by atoms with Crippen LogP contribution in [0, 0.1) is 0 Å². The monoisotopic (exact) mass is 271 g/mol. The molecule has 2 rings (SSSR count). The Kier molecular flexibility index (Phi) is 4.61. The maximum absolute atomic E-state index is 5.38. The highest BCUT2D eigenvalue weighted by atomic mass is 32.1. The minimum atomic E-state index is 0.663. The Morgan fingerprint density at radius 1 is 1.26 bits per heavy atom. The SMILES string of the molecule is CCOc1ccc(Nc2ccc(N=C=S)cn2)cc1. The summed E-state index contributed by atoms with van der Waals surface area (Å²) in [6.07, 6.45) is 1.64. The number of aromatic nitrogens is 1. The standard InChI is InChI=1S/C14H13N3OS/c1-2-18-13-6-3-11(4-7-13)17-14-8-5-12(9-15-14)16-10-19/h3-9H,2H2,1H3,(H,15,17). The van der Waals surface area contributed by atoms with Crippen LogP contribution in [-0.2, 0) is 0 Å². The maximum Gasteiger partial charge on any atom is 0.130 e. The van der Waals surface area contributed by atoms with Gasteiger partial charge in [-0.25, -0.2) is 4.98 Å². The number of aliphatic imine (C=N–C) groups is 1. The van der Waals surface area contributed by atoms with E-state index in [-0.39, 0.29) is 0 Å². The second-order valence-electron chi connectivity index (χ2n) is 3.69. The summed E-state index contributed by atoms with van der Waals surface area (Å²) >= 11 is 4.53. The largest absolute Gasteiger partial charge is 0.494 e. The first-order valence-electron chi connectivity index (χ1n) is 5.85. The number of thiocarbonyl (C=S) groups is 1. The Hall–Kier alpha value is -2.23. The van der Waals surface area contributed by atoms with Crippen molar-refractivity contribution in [1.29, 1.82) is 0 Å². The van der Waals surface area contributed by atoms with Crippen LogP contribution in [0.15, 0.2) is 47.6 Å². The van der Waals surface area contributed by atoms with Gasteiger partial charge in [0.1, 0.15) is 11.6 Å². The van der Waals surface area contributed by atoms with Gasteiger partial charge in [0.2, 0.25) is 0 Å². The molecule has 4 nitrogen and oxygen atoms in total. The van der Waals surface area contributed by atoms with Gasteiger partial charge in [-0.1, -0.05) is 0 Å². The van der Waals surface area contributed by atoms with Crippen molar-refractivity contribution in [3.05, 3.63) is 42.6 Å². The summed E-state index contributed by atoms with van der Waals surface area (Å²) in [5, 5.41) is 5.49. The summed E-state index contributed by atoms with van der Waals surface area (Å²) in [5.41, 5.74) is 1.63. The average molecular weight is 271 g/mol. The van der Waals surface area contributed by atoms with E-state index in [0.29, 0.717) is 12.3 Å². The van der Waals surface area contributed by atoms with Crippen LogP contribution in [-0.4, -0.2) is 16.8 Å². The lowest BCUT2D eigenvalue weighted by Crippen LogP contribution is -1.94. The Morgan fingerprint density at radius 2 is 2.05 bits per heavy atom. The Balaban J connectivity index is 2.05. The Morgan fingerprint density at radius 3 is 2.63 bits per heavy atom. The molecule has 0 aliphatic heterocycles. The number of nitrogens with one attached hydrogen (secondary N) is 1. The molecule has 2 aromatic rings. The fourth-order valence-electron chi connectivity index (χ4n) is 1.53. The molecule has 19 heavy (non-hydrogen) atoms. The van der Waals surface area contributed by atoms with Crippen LogP contribution in [0.1, 0.15) is 6.92 Å². The zero-order valence-corrected chi connectivity index (χ0v) is 11.3. The van der Waals surface area contributed by atoms with Crippen LogP contribution in [0.5, 0.6) is 5.75 Å². The van der Waals surface area contributed by atoms with Gasteiger partial charge in [0.25, 0.3) is 0 Å². The molecule has 5 heteroatoms. The van der Waals surface area contributed by atoms with Crippen molar-refractivity contribution in [2.75, 3.05) is 11.9 Å². The fraction of sp³-hybridized carbons (Fsp3) is 0.143. The van der Waals surface area contributed by atoms with Gasteiger partial charge in [-0.05, 0) is 55.5 Å². The van der Waals surface area contributed by atoms with Crippen LogP contribution in [0.4, 0.5) is 17.2 Å². The van der Waals surface area contributed by atoms with E-state index in [2.05, 4.69) is 32.7 Å². The third kappa shape index (κ3) is 3.88. The summed E-state index contributed by atoms with van der Waals surface area (Å²) in [4.78, 5) is 8.07. The van der Waals surface area contributed by atoms with Gasteiger partial charge in [-0.3, -0.25) is 0 Å². The van der Waals surface area contributed by atoms with Crippen molar-refractivity contribution >= 4 is 34.6 Å². The molecule has 0 saturated heterocycles. The van der Waals surface area contributed by atoms with Gasteiger partial charge in [0.15, 0.2) is 0 Å². The topological polar surface area (TPSA) is 46.5 Å². The quantitative estimate of drug-likeness (QED) is 0.660. The molecule has 0 amide bonds. The van der Waals surface area contributed by atoms with Crippen LogP contribution in [0.2, 0.25) is 0 Å². The minimum absolute atomic E-state index is 0.663. The van der Waals surface area contributed by atoms with Gasteiger partial charge in [-0.15, -0.1) is 0 Å². The van der Waals surface area contributed by atoms with E-state index < -0.39 is 0 Å². The minimum Gasteiger partial charge on any atom is -0.494 e. The van der Waals surface area contributed by atoms with E-state index >= 15 is 0 Å². The van der Waals surface area contributed by atoms with Gasteiger partial charge in [-0.2, -0.15) is 4.99 Å². The number of pyridine rings is 1. The van der Waals surface area contributed by atoms with Crippen molar-refractivity contribution in [2.45, 2.75) is 6.92 Å². The average Bonchev–Trinajstić information content (AvgIpc) is 2.44. The molecule has 0 atom stereocenters. The molecule has 0 aliphatic carbocycles. The number of nitrogens with zero attached hydrogens (tertiary/aromatic N) is 2. The maximum atomic E-state index is 5.38. The van der Waals surface area contributed by atoms with Crippen LogP contribution < -0.4 is 10.1 Å². The van der Waals surface area contributed by atoms with Gasteiger partial charge < -0.3 is 10.1 Å². The van der Waals surface area contributed by atoms with Crippen molar-refractivity contribution < 1.29 is 4.74 Å². The Bertz CT molecular complexity index is 575. The summed E-state index contributed by atoms with van der Waals surface area (Å²) < 4.78 is 5.38. The first kappa shape index (κ1) is 13.2. The molecule has 1 aromatic heterocycles. The van der Waals surface area contributed by atoms with Crippen LogP contribution >= 0.6 is 12.2 Å². The van der Waals surface area contributed by atoms with Gasteiger partial charge in [0.05, 0.1) is 23.7 Å². The molecular formula is C14H13N3OS. The zero-order chi connectivity index (χ0) is 13.5. The summed E-state index contributed by atoms with van der Waals surface area (Å²) in [6, 6.07) is 11.4. The van der Waals surface area contributed by atoms with Crippen LogP contribution in [0.25, 0.3) is 0 Å².